The molecule has 10 heavy (non-hydrogen) atoms. The molecule has 0 aromatic heterocycles. The first kappa shape index (κ1) is 10.6. The SMILES string of the molecule is Cl/C=C(\Cl)C(Cl)/C=C/CCl. The Labute approximate surface area is 80.4 Å². The molecule has 0 aromatic rings. The van der Waals surface area contributed by atoms with Crippen molar-refractivity contribution in [1.29, 1.82) is 0 Å². The van der Waals surface area contributed by atoms with Gasteiger partial charge in [-0.15, -0.1) is 23.2 Å². The average Bonchev–Trinajstić information content (AvgIpc) is 1.98. The summed E-state index contributed by atoms with van der Waals surface area (Å²) in [7, 11) is 0. The molecule has 0 bridgehead atoms. The normalized spacial score (nSPS) is 16.2. The first-order valence-corrected chi connectivity index (χ1v) is 4.33. The van der Waals surface area contributed by atoms with Crippen molar-refractivity contribution >= 4 is 46.4 Å². The van der Waals surface area contributed by atoms with Gasteiger partial charge in [0.25, 0.3) is 0 Å². The predicted octanol–water partition coefficient (Wildman–Crippen LogP) is 3.71. The molecule has 1 atom stereocenters. The molecule has 0 aromatic carbocycles. The lowest BCUT2D eigenvalue weighted by Gasteiger charge is -1.98. The summed E-state index contributed by atoms with van der Waals surface area (Å²) in [6.07, 6.45) is 3.39. The highest BCUT2D eigenvalue weighted by Gasteiger charge is 2.01. The van der Waals surface area contributed by atoms with Gasteiger partial charge in [0, 0.05) is 11.4 Å². The quantitative estimate of drug-likeness (QED) is 0.502. The van der Waals surface area contributed by atoms with E-state index in [4.69, 9.17) is 46.4 Å². The van der Waals surface area contributed by atoms with Crippen LogP contribution in [-0.4, -0.2) is 11.3 Å². The Morgan fingerprint density at radius 2 is 2.10 bits per heavy atom. The van der Waals surface area contributed by atoms with E-state index in [1.54, 1.807) is 12.2 Å². The van der Waals surface area contributed by atoms with Gasteiger partial charge in [-0.05, 0) is 0 Å². The van der Waals surface area contributed by atoms with Gasteiger partial charge >= 0.3 is 0 Å². The van der Waals surface area contributed by atoms with Crippen molar-refractivity contribution in [3.8, 4) is 0 Å². The van der Waals surface area contributed by atoms with Crippen molar-refractivity contribution in [2.75, 3.05) is 5.88 Å². The van der Waals surface area contributed by atoms with Crippen LogP contribution in [0.25, 0.3) is 0 Å². The number of hydrogen-bond donors (Lipinski definition) is 0. The number of alkyl halides is 2. The van der Waals surface area contributed by atoms with E-state index in [0.29, 0.717) is 10.9 Å². The second-order valence-electron chi connectivity index (χ2n) is 1.48. The maximum atomic E-state index is 5.68. The molecule has 58 valence electrons. The molecule has 0 nitrogen and oxygen atoms in total. The summed E-state index contributed by atoms with van der Waals surface area (Å²) in [4.78, 5) is 0. The van der Waals surface area contributed by atoms with E-state index in [1.807, 2.05) is 0 Å². The molecule has 0 N–H and O–H groups in total. The molecule has 0 rings (SSSR count). The Morgan fingerprint density at radius 3 is 2.50 bits per heavy atom. The Hall–Kier alpha value is 0.640. The molecule has 0 amide bonds. The molecule has 0 aliphatic heterocycles. The van der Waals surface area contributed by atoms with Gasteiger partial charge in [-0.2, -0.15) is 0 Å². The van der Waals surface area contributed by atoms with Gasteiger partial charge in [0.1, 0.15) is 0 Å². The highest BCUT2D eigenvalue weighted by atomic mass is 35.5. The summed E-state index contributed by atoms with van der Waals surface area (Å²) in [6, 6.07) is 0. The maximum Gasteiger partial charge on any atom is 0.0881 e. The second kappa shape index (κ2) is 6.36. The molecule has 0 spiro atoms. The minimum Gasteiger partial charge on any atom is -0.122 e. The summed E-state index contributed by atoms with van der Waals surface area (Å²) in [6.45, 7) is 0. The molecule has 0 saturated heterocycles. The first-order valence-electron chi connectivity index (χ1n) is 2.54. The van der Waals surface area contributed by atoms with E-state index in [9.17, 15) is 0 Å². The van der Waals surface area contributed by atoms with Crippen molar-refractivity contribution in [2.24, 2.45) is 0 Å². The van der Waals surface area contributed by atoms with Crippen LogP contribution in [-0.2, 0) is 0 Å². The zero-order chi connectivity index (χ0) is 7.98. The lowest BCUT2D eigenvalue weighted by Crippen LogP contribution is -1.91. The number of halogens is 4. The second-order valence-corrected chi connectivity index (χ2v) is 2.91. The summed E-state index contributed by atoms with van der Waals surface area (Å²) in [5.41, 5.74) is 1.23. The minimum absolute atomic E-state index is 0.363. The van der Waals surface area contributed by atoms with Crippen LogP contribution in [0.3, 0.4) is 0 Å². The molecule has 1 unspecified atom stereocenters. The molecular formula is C6H6Cl4. The molecule has 0 aliphatic carbocycles. The lowest BCUT2D eigenvalue weighted by atomic mass is 10.4. The van der Waals surface area contributed by atoms with E-state index < -0.39 is 0 Å². The fourth-order valence-electron chi connectivity index (χ4n) is 0.323. The lowest BCUT2D eigenvalue weighted by molar-refractivity contribution is 1.35. The van der Waals surface area contributed by atoms with Crippen LogP contribution in [0.2, 0.25) is 0 Å². The smallest absolute Gasteiger partial charge is 0.0881 e. The summed E-state index contributed by atoms with van der Waals surface area (Å²) in [5.74, 6) is 0.426. The van der Waals surface area contributed by atoms with Crippen LogP contribution in [0.5, 0.6) is 0 Å². The minimum atomic E-state index is -0.363. The summed E-state index contributed by atoms with van der Waals surface area (Å²) in [5, 5.41) is 0.0302. The molecule has 4 heteroatoms. The van der Waals surface area contributed by atoms with Crippen molar-refractivity contribution in [2.45, 2.75) is 5.38 Å². The predicted molar refractivity (Wildman–Crippen MR) is 49.3 cm³/mol. The standard InChI is InChI=1S/C6H6Cl4/c7-3-1-2-5(9)6(10)4-8/h1-2,4-5H,3H2/b2-1+,6-4-. The Bertz CT molecular complexity index is 139. The van der Waals surface area contributed by atoms with Gasteiger partial charge in [0.2, 0.25) is 0 Å². The monoisotopic (exact) mass is 218 g/mol. The van der Waals surface area contributed by atoms with Crippen LogP contribution in [0, 0.1) is 0 Å². The number of hydrogen-bond acceptors (Lipinski definition) is 0. The van der Waals surface area contributed by atoms with Gasteiger partial charge in [-0.3, -0.25) is 0 Å². The summed E-state index contributed by atoms with van der Waals surface area (Å²) < 4.78 is 0. The Morgan fingerprint density at radius 1 is 1.50 bits per heavy atom. The maximum absolute atomic E-state index is 5.68. The van der Waals surface area contributed by atoms with Crippen LogP contribution in [0.4, 0.5) is 0 Å². The van der Waals surface area contributed by atoms with Gasteiger partial charge in [0.05, 0.1) is 10.4 Å². The van der Waals surface area contributed by atoms with Gasteiger partial charge < -0.3 is 0 Å². The fraction of sp³-hybridized carbons (Fsp3) is 0.333. The van der Waals surface area contributed by atoms with Crippen molar-refractivity contribution in [1.82, 2.24) is 0 Å². The molecule has 0 heterocycles. The van der Waals surface area contributed by atoms with Crippen molar-refractivity contribution < 1.29 is 0 Å². The van der Waals surface area contributed by atoms with E-state index in [2.05, 4.69) is 0 Å². The van der Waals surface area contributed by atoms with E-state index in [0.717, 1.165) is 0 Å². The Kier molecular flexibility index (Phi) is 6.76. The number of allylic oxidation sites excluding steroid dienone is 3. The van der Waals surface area contributed by atoms with Crippen LogP contribution in [0.15, 0.2) is 22.7 Å². The van der Waals surface area contributed by atoms with E-state index in [-0.39, 0.29) is 5.38 Å². The highest BCUT2D eigenvalue weighted by Crippen LogP contribution is 2.16. The highest BCUT2D eigenvalue weighted by molar-refractivity contribution is 6.42. The van der Waals surface area contributed by atoms with E-state index in [1.165, 1.54) is 5.54 Å². The molecule has 0 saturated carbocycles. The van der Waals surface area contributed by atoms with Crippen LogP contribution < -0.4 is 0 Å². The van der Waals surface area contributed by atoms with Crippen LogP contribution in [0.1, 0.15) is 0 Å². The molecule has 0 fully saturated rings. The third-order valence-corrected chi connectivity index (χ3v) is 2.12. The fourth-order valence-corrected chi connectivity index (χ4v) is 0.865. The third-order valence-electron chi connectivity index (χ3n) is 0.762. The first-order chi connectivity index (χ1) is 4.72. The molecular weight excluding hydrogens is 214 g/mol. The number of rotatable bonds is 3. The summed E-state index contributed by atoms with van der Waals surface area (Å²) >= 11 is 21.9. The van der Waals surface area contributed by atoms with Gasteiger partial charge in [-0.25, -0.2) is 0 Å². The van der Waals surface area contributed by atoms with Gasteiger partial charge in [-0.1, -0.05) is 35.4 Å². The Balaban J connectivity index is 3.84. The van der Waals surface area contributed by atoms with Crippen molar-refractivity contribution in [3.05, 3.63) is 22.7 Å². The topological polar surface area (TPSA) is 0 Å². The largest absolute Gasteiger partial charge is 0.122 e. The zero-order valence-electron chi connectivity index (χ0n) is 5.03. The van der Waals surface area contributed by atoms with Gasteiger partial charge in [0.15, 0.2) is 0 Å². The van der Waals surface area contributed by atoms with E-state index >= 15 is 0 Å². The molecule has 0 aliphatic rings. The van der Waals surface area contributed by atoms with Crippen molar-refractivity contribution in [3.63, 3.8) is 0 Å². The third kappa shape index (κ3) is 4.45. The average molecular weight is 220 g/mol. The van der Waals surface area contributed by atoms with Crippen LogP contribution >= 0.6 is 46.4 Å². The zero-order valence-corrected chi connectivity index (χ0v) is 8.05. The molecule has 0 radical (unpaired) electrons.